The number of aliphatic hydroxyl groups excluding tert-OH is 1. The maximum Gasteiger partial charge on any atom is 0.104 e. The van der Waals surface area contributed by atoms with Crippen LogP contribution in [0.15, 0.2) is 0 Å². The topological polar surface area (TPSA) is 32.3 Å². The van der Waals surface area contributed by atoms with E-state index in [4.69, 9.17) is 5.11 Å². The monoisotopic (exact) mass is 101 g/mol. The molecule has 2 heteroatoms. The van der Waals surface area contributed by atoms with Crippen molar-refractivity contribution in [1.29, 1.82) is 0 Å². The summed E-state index contributed by atoms with van der Waals surface area (Å²) in [4.78, 5) is 0. The molecule has 1 atom stereocenters. The van der Waals surface area contributed by atoms with Gasteiger partial charge >= 0.3 is 0 Å². The molecule has 7 heavy (non-hydrogen) atoms. The second kappa shape index (κ2) is 2.28. The van der Waals surface area contributed by atoms with Gasteiger partial charge in [0.2, 0.25) is 0 Å². The van der Waals surface area contributed by atoms with Crippen LogP contribution in [0.3, 0.4) is 0 Å². The number of rotatable bonds is 0. The highest BCUT2D eigenvalue weighted by Gasteiger charge is 2.06. The van der Waals surface area contributed by atoms with Crippen LogP contribution in [0.2, 0.25) is 0 Å². The van der Waals surface area contributed by atoms with Crippen LogP contribution in [0.1, 0.15) is 19.3 Å². The average molecular weight is 101 g/mol. The minimum Gasteiger partial charge on any atom is -0.379 e. The van der Waals surface area contributed by atoms with Crippen molar-refractivity contribution in [2.24, 2.45) is 0 Å². The van der Waals surface area contributed by atoms with Crippen molar-refractivity contribution in [2.45, 2.75) is 25.5 Å². The smallest absolute Gasteiger partial charge is 0.104 e. The first-order valence-corrected chi connectivity index (χ1v) is 2.81. The number of piperidine rings is 1. The first-order chi connectivity index (χ1) is 3.39. The Morgan fingerprint density at radius 3 is 2.57 bits per heavy atom. The van der Waals surface area contributed by atoms with Gasteiger partial charge in [-0.2, -0.15) is 0 Å². The lowest BCUT2D eigenvalue weighted by molar-refractivity contribution is 0.108. The second-order valence-electron chi connectivity index (χ2n) is 1.97. The van der Waals surface area contributed by atoms with Gasteiger partial charge in [0.05, 0.1) is 0 Å². The van der Waals surface area contributed by atoms with Crippen molar-refractivity contribution >= 4 is 0 Å². The summed E-state index contributed by atoms with van der Waals surface area (Å²) in [6.07, 6.45) is 3.11. The van der Waals surface area contributed by atoms with E-state index in [1.807, 2.05) is 0 Å². The van der Waals surface area contributed by atoms with E-state index in [0.29, 0.717) is 0 Å². The van der Waals surface area contributed by atoms with Crippen molar-refractivity contribution < 1.29 is 5.11 Å². The van der Waals surface area contributed by atoms with Crippen LogP contribution in [0.25, 0.3) is 0 Å². The Morgan fingerprint density at radius 2 is 2.29 bits per heavy atom. The number of hydrogen-bond donors (Lipinski definition) is 2. The van der Waals surface area contributed by atoms with Gasteiger partial charge in [0.15, 0.2) is 0 Å². The van der Waals surface area contributed by atoms with Crippen LogP contribution in [-0.4, -0.2) is 17.9 Å². The van der Waals surface area contributed by atoms with Crippen molar-refractivity contribution in [2.75, 3.05) is 6.54 Å². The Hall–Kier alpha value is -0.0800. The second-order valence-corrected chi connectivity index (χ2v) is 1.97. The zero-order chi connectivity index (χ0) is 5.11. The minimum absolute atomic E-state index is 0.214. The summed E-state index contributed by atoms with van der Waals surface area (Å²) in [5.74, 6) is 0. The lowest BCUT2D eigenvalue weighted by Gasteiger charge is -2.17. The van der Waals surface area contributed by atoms with Crippen LogP contribution in [0.5, 0.6) is 0 Å². The van der Waals surface area contributed by atoms with E-state index in [9.17, 15) is 0 Å². The minimum atomic E-state index is -0.214. The molecule has 0 amide bonds. The zero-order valence-electron chi connectivity index (χ0n) is 4.35. The number of nitrogens with one attached hydrogen (secondary N) is 1. The van der Waals surface area contributed by atoms with E-state index in [0.717, 1.165) is 13.0 Å². The molecule has 0 aromatic rings. The van der Waals surface area contributed by atoms with Gasteiger partial charge in [-0.15, -0.1) is 0 Å². The largest absolute Gasteiger partial charge is 0.379 e. The van der Waals surface area contributed by atoms with Crippen LogP contribution in [-0.2, 0) is 0 Å². The molecule has 0 spiro atoms. The van der Waals surface area contributed by atoms with Crippen LogP contribution in [0, 0.1) is 0 Å². The first-order valence-electron chi connectivity index (χ1n) is 2.81. The molecule has 0 aromatic carbocycles. The van der Waals surface area contributed by atoms with Gasteiger partial charge in [-0.3, -0.25) is 5.32 Å². The van der Waals surface area contributed by atoms with Gasteiger partial charge in [0.25, 0.3) is 0 Å². The molecular formula is C5H11NO. The summed E-state index contributed by atoms with van der Waals surface area (Å²) in [7, 11) is 0. The molecule has 1 aliphatic rings. The molecule has 2 N–H and O–H groups in total. The highest BCUT2D eigenvalue weighted by Crippen LogP contribution is 2.02. The third kappa shape index (κ3) is 1.45. The first kappa shape index (κ1) is 5.06. The molecule has 42 valence electrons. The molecule has 1 saturated heterocycles. The highest BCUT2D eigenvalue weighted by molar-refractivity contribution is 4.60. The van der Waals surface area contributed by atoms with Gasteiger partial charge in [-0.25, -0.2) is 0 Å². The molecule has 2 nitrogen and oxygen atoms in total. The summed E-state index contributed by atoms with van der Waals surface area (Å²) in [6, 6.07) is 0. The number of aliphatic hydroxyl groups is 1. The van der Waals surface area contributed by atoms with Gasteiger partial charge in [0.1, 0.15) is 6.23 Å². The van der Waals surface area contributed by atoms with Crippen LogP contribution in [0.4, 0.5) is 0 Å². The van der Waals surface area contributed by atoms with E-state index >= 15 is 0 Å². The molecule has 0 radical (unpaired) electrons. The van der Waals surface area contributed by atoms with Gasteiger partial charge in [0, 0.05) is 0 Å². The maximum atomic E-state index is 8.80. The highest BCUT2D eigenvalue weighted by atomic mass is 16.3. The van der Waals surface area contributed by atoms with E-state index in [1.54, 1.807) is 0 Å². The predicted molar refractivity (Wildman–Crippen MR) is 27.9 cm³/mol. The summed E-state index contributed by atoms with van der Waals surface area (Å²) in [5.41, 5.74) is 0. The summed E-state index contributed by atoms with van der Waals surface area (Å²) >= 11 is 0. The summed E-state index contributed by atoms with van der Waals surface area (Å²) < 4.78 is 0. The average Bonchev–Trinajstić information content (AvgIpc) is 1.69. The van der Waals surface area contributed by atoms with Gasteiger partial charge < -0.3 is 5.11 Å². The molecule has 1 heterocycles. The molecule has 0 bridgehead atoms. The third-order valence-electron chi connectivity index (χ3n) is 1.28. The molecule has 1 rings (SSSR count). The molecule has 0 saturated carbocycles. The third-order valence-corrected chi connectivity index (χ3v) is 1.28. The Morgan fingerprint density at radius 1 is 1.43 bits per heavy atom. The fraction of sp³-hybridized carbons (Fsp3) is 1.00. The van der Waals surface area contributed by atoms with Crippen molar-refractivity contribution in [3.63, 3.8) is 0 Å². The lowest BCUT2D eigenvalue weighted by atomic mass is 10.1. The van der Waals surface area contributed by atoms with Crippen molar-refractivity contribution in [3.8, 4) is 0 Å². The molecule has 1 aliphatic heterocycles. The Balaban J connectivity index is 2.12. The van der Waals surface area contributed by atoms with E-state index < -0.39 is 0 Å². The standard InChI is InChI=1S/C5H11NO/c7-5-3-1-2-4-6-5/h5-7H,1-4H2. The molecule has 0 aromatic heterocycles. The van der Waals surface area contributed by atoms with Crippen LogP contribution >= 0.6 is 0 Å². The maximum absolute atomic E-state index is 8.80. The normalized spacial score (nSPS) is 33.0. The van der Waals surface area contributed by atoms with E-state index in [-0.39, 0.29) is 6.23 Å². The quantitative estimate of drug-likeness (QED) is 0.453. The Kier molecular flexibility index (Phi) is 1.65. The van der Waals surface area contributed by atoms with Crippen LogP contribution < -0.4 is 5.32 Å². The van der Waals surface area contributed by atoms with Gasteiger partial charge in [-0.1, -0.05) is 0 Å². The Labute approximate surface area is 43.5 Å². The molecule has 1 unspecified atom stereocenters. The van der Waals surface area contributed by atoms with E-state index in [1.165, 1.54) is 12.8 Å². The number of hydrogen-bond acceptors (Lipinski definition) is 2. The summed E-state index contributed by atoms with van der Waals surface area (Å²) in [5, 5.41) is 11.7. The molecule has 0 aliphatic carbocycles. The lowest BCUT2D eigenvalue weighted by Crippen LogP contribution is -2.33. The molecule has 1 fully saturated rings. The Bertz CT molecular complexity index is 50.0. The summed E-state index contributed by atoms with van der Waals surface area (Å²) in [6.45, 7) is 0.987. The van der Waals surface area contributed by atoms with Crippen molar-refractivity contribution in [1.82, 2.24) is 5.32 Å². The van der Waals surface area contributed by atoms with E-state index in [2.05, 4.69) is 5.32 Å². The fourth-order valence-corrected chi connectivity index (χ4v) is 0.833. The fourth-order valence-electron chi connectivity index (χ4n) is 0.833. The predicted octanol–water partition coefficient (Wildman–Crippen LogP) is 0.0783. The zero-order valence-corrected chi connectivity index (χ0v) is 4.35. The SMILES string of the molecule is OC1CCCCN1. The molecular weight excluding hydrogens is 90.1 g/mol. The van der Waals surface area contributed by atoms with Crippen molar-refractivity contribution in [3.05, 3.63) is 0 Å². The van der Waals surface area contributed by atoms with Gasteiger partial charge in [-0.05, 0) is 25.8 Å².